The van der Waals surface area contributed by atoms with E-state index in [-0.39, 0.29) is 24.2 Å². The van der Waals surface area contributed by atoms with Crippen LogP contribution in [0.4, 0.5) is 5.69 Å². The number of benzene rings is 2. The predicted molar refractivity (Wildman–Crippen MR) is 117 cm³/mol. The van der Waals surface area contributed by atoms with Crippen molar-refractivity contribution in [1.82, 2.24) is 5.32 Å². The van der Waals surface area contributed by atoms with E-state index < -0.39 is 6.04 Å². The zero-order valence-corrected chi connectivity index (χ0v) is 17.9. The van der Waals surface area contributed by atoms with Crippen LogP contribution in [0.2, 0.25) is 0 Å². The molecule has 1 N–H and O–H groups in total. The molecule has 0 aromatic heterocycles. The molecule has 1 aliphatic carbocycles. The van der Waals surface area contributed by atoms with Gasteiger partial charge in [-0.25, -0.2) is 0 Å². The fourth-order valence-electron chi connectivity index (χ4n) is 4.85. The van der Waals surface area contributed by atoms with E-state index >= 15 is 0 Å². The van der Waals surface area contributed by atoms with Crippen LogP contribution in [0.25, 0.3) is 10.8 Å². The predicted octanol–water partition coefficient (Wildman–Crippen LogP) is 3.49. The van der Waals surface area contributed by atoms with E-state index in [0.29, 0.717) is 12.3 Å². The molecule has 1 aliphatic heterocycles. The fourth-order valence-corrected chi connectivity index (χ4v) is 4.85. The van der Waals surface area contributed by atoms with Gasteiger partial charge in [0.2, 0.25) is 5.91 Å². The summed E-state index contributed by atoms with van der Waals surface area (Å²) in [4.78, 5) is 41.4. The van der Waals surface area contributed by atoms with Crippen LogP contribution in [-0.4, -0.2) is 38.4 Å². The number of carbonyl (C=O) groups is 3. The number of esters is 1. The normalized spacial score (nSPS) is 20.8. The first-order valence-electron chi connectivity index (χ1n) is 10.8. The molecule has 1 amide bonds. The van der Waals surface area contributed by atoms with Gasteiger partial charge in [-0.3, -0.25) is 9.59 Å². The average molecular weight is 424 g/mol. The highest BCUT2D eigenvalue weighted by Crippen LogP contribution is 2.47. The molecule has 7 nitrogen and oxygen atoms in total. The van der Waals surface area contributed by atoms with Crippen molar-refractivity contribution in [2.24, 2.45) is 5.92 Å². The van der Waals surface area contributed by atoms with Crippen LogP contribution >= 0.6 is 0 Å². The number of rotatable bonds is 7. The molecule has 2 aliphatic rings. The summed E-state index contributed by atoms with van der Waals surface area (Å²) < 4.78 is 4.91. The van der Waals surface area contributed by atoms with Gasteiger partial charge < -0.3 is 19.7 Å². The SMILES string of the molecule is CNC(=O)CCC(C=O)N1Oc2cccc3c(C4CCC(C(=O)OC)CC4)ccc1c23. The Bertz CT molecular complexity index is 997. The number of methoxy groups -OCH3 is 1. The molecule has 2 aromatic rings. The van der Waals surface area contributed by atoms with E-state index in [2.05, 4.69) is 17.4 Å². The van der Waals surface area contributed by atoms with Gasteiger partial charge in [0.15, 0.2) is 5.75 Å². The maximum atomic E-state index is 11.9. The highest BCUT2D eigenvalue weighted by Gasteiger charge is 2.33. The van der Waals surface area contributed by atoms with Crippen molar-refractivity contribution in [3.05, 3.63) is 35.9 Å². The Morgan fingerprint density at radius 2 is 2.00 bits per heavy atom. The number of aldehydes is 1. The molecular formula is C24H28N2O5. The molecule has 1 atom stereocenters. The highest BCUT2D eigenvalue weighted by atomic mass is 16.7. The van der Waals surface area contributed by atoms with Crippen molar-refractivity contribution in [1.29, 1.82) is 0 Å². The standard InChI is InChI=1S/C24H28N2O5/c1-25-22(28)13-10-17(14-27)26-20-12-11-18(19-4-3-5-21(31-26)23(19)20)15-6-8-16(9-7-15)24(29)30-2/h3-5,11-12,14-17H,6-10,13H2,1-2H3,(H,25,28). The lowest BCUT2D eigenvalue weighted by atomic mass is 9.77. The fraction of sp³-hybridized carbons (Fsp3) is 0.458. The first-order valence-corrected chi connectivity index (χ1v) is 10.8. The number of ether oxygens (including phenoxy) is 1. The van der Waals surface area contributed by atoms with E-state index in [1.807, 2.05) is 18.2 Å². The van der Waals surface area contributed by atoms with Gasteiger partial charge in [-0.15, -0.1) is 0 Å². The molecule has 1 fully saturated rings. The maximum Gasteiger partial charge on any atom is 0.308 e. The van der Waals surface area contributed by atoms with Gasteiger partial charge in [-0.05, 0) is 61.1 Å². The van der Waals surface area contributed by atoms with Gasteiger partial charge in [-0.1, -0.05) is 18.2 Å². The zero-order valence-electron chi connectivity index (χ0n) is 17.9. The van der Waals surface area contributed by atoms with Gasteiger partial charge in [0.05, 0.1) is 24.1 Å². The average Bonchev–Trinajstić information content (AvgIpc) is 3.19. The number of hydrogen-bond acceptors (Lipinski definition) is 6. The molecule has 2 aromatic carbocycles. The first-order chi connectivity index (χ1) is 15.1. The van der Waals surface area contributed by atoms with Crippen LogP contribution in [0, 0.1) is 5.92 Å². The van der Waals surface area contributed by atoms with Crippen molar-refractivity contribution in [3.8, 4) is 5.75 Å². The van der Waals surface area contributed by atoms with E-state index in [1.54, 1.807) is 12.1 Å². The lowest BCUT2D eigenvalue weighted by Crippen LogP contribution is -2.38. The summed E-state index contributed by atoms with van der Waals surface area (Å²) in [5.74, 6) is 0.871. The molecule has 0 radical (unpaired) electrons. The molecule has 164 valence electrons. The van der Waals surface area contributed by atoms with Crippen molar-refractivity contribution in [2.45, 2.75) is 50.5 Å². The summed E-state index contributed by atoms with van der Waals surface area (Å²) in [5, 5.41) is 6.34. The summed E-state index contributed by atoms with van der Waals surface area (Å²) in [5.41, 5.74) is 2.11. The number of hydroxylamine groups is 1. The Labute approximate surface area is 181 Å². The Morgan fingerprint density at radius 3 is 2.68 bits per heavy atom. The number of nitrogens with zero attached hydrogens (tertiary/aromatic N) is 1. The Kier molecular flexibility index (Phi) is 6.11. The Morgan fingerprint density at radius 1 is 1.23 bits per heavy atom. The molecule has 0 spiro atoms. The first kappa shape index (κ1) is 21.2. The molecule has 1 saturated carbocycles. The lowest BCUT2D eigenvalue weighted by molar-refractivity contribution is -0.146. The van der Waals surface area contributed by atoms with Crippen LogP contribution < -0.4 is 15.2 Å². The quantitative estimate of drug-likeness (QED) is 0.541. The largest absolute Gasteiger partial charge is 0.469 e. The van der Waals surface area contributed by atoms with E-state index in [4.69, 9.17) is 9.57 Å². The summed E-state index contributed by atoms with van der Waals surface area (Å²) in [6, 6.07) is 9.55. The van der Waals surface area contributed by atoms with Gasteiger partial charge >= 0.3 is 5.97 Å². The minimum atomic E-state index is -0.547. The molecule has 1 unspecified atom stereocenters. The highest BCUT2D eigenvalue weighted by molar-refractivity contribution is 6.03. The number of carbonyl (C=O) groups excluding carboxylic acids is 3. The lowest BCUT2D eigenvalue weighted by Gasteiger charge is -2.28. The third-order valence-electron chi connectivity index (χ3n) is 6.55. The number of anilines is 1. The van der Waals surface area contributed by atoms with Gasteiger partial charge in [0.25, 0.3) is 0 Å². The number of hydrogen-bond donors (Lipinski definition) is 1. The van der Waals surface area contributed by atoms with Crippen LogP contribution in [0.5, 0.6) is 5.75 Å². The topological polar surface area (TPSA) is 84.9 Å². The number of nitrogens with one attached hydrogen (secondary N) is 1. The van der Waals surface area contributed by atoms with Crippen LogP contribution in [-0.2, 0) is 19.1 Å². The van der Waals surface area contributed by atoms with Gasteiger partial charge in [0, 0.05) is 13.5 Å². The minimum absolute atomic E-state index is 0.00877. The molecule has 31 heavy (non-hydrogen) atoms. The zero-order chi connectivity index (χ0) is 22.0. The molecular weight excluding hydrogens is 396 g/mol. The molecule has 0 bridgehead atoms. The number of amides is 1. The second kappa shape index (κ2) is 8.96. The minimum Gasteiger partial charge on any atom is -0.469 e. The van der Waals surface area contributed by atoms with Crippen LogP contribution in [0.1, 0.15) is 50.0 Å². The Hall–Kier alpha value is -3.09. The third kappa shape index (κ3) is 3.96. The van der Waals surface area contributed by atoms with Crippen molar-refractivity contribution >= 4 is 34.6 Å². The summed E-state index contributed by atoms with van der Waals surface area (Å²) in [7, 11) is 3.03. The maximum absolute atomic E-state index is 11.9. The smallest absolute Gasteiger partial charge is 0.308 e. The molecule has 7 heteroatoms. The monoisotopic (exact) mass is 424 g/mol. The van der Waals surface area contributed by atoms with Gasteiger partial charge in [-0.2, -0.15) is 5.06 Å². The van der Waals surface area contributed by atoms with Crippen molar-refractivity contribution in [2.75, 3.05) is 19.2 Å². The van der Waals surface area contributed by atoms with Crippen LogP contribution in [0.15, 0.2) is 30.3 Å². The molecule has 4 rings (SSSR count). The van der Waals surface area contributed by atoms with Crippen molar-refractivity contribution in [3.63, 3.8) is 0 Å². The second-order valence-electron chi connectivity index (χ2n) is 8.26. The molecule has 0 saturated heterocycles. The second-order valence-corrected chi connectivity index (χ2v) is 8.26. The van der Waals surface area contributed by atoms with E-state index in [1.165, 1.54) is 12.7 Å². The van der Waals surface area contributed by atoms with Crippen molar-refractivity contribution < 1.29 is 24.0 Å². The molecule has 1 heterocycles. The Balaban J connectivity index is 1.60. The summed E-state index contributed by atoms with van der Waals surface area (Å²) >= 11 is 0. The summed E-state index contributed by atoms with van der Waals surface area (Å²) in [6.07, 6.45) is 4.99. The van der Waals surface area contributed by atoms with E-state index in [9.17, 15) is 14.4 Å². The van der Waals surface area contributed by atoms with Gasteiger partial charge in [0.1, 0.15) is 12.3 Å². The summed E-state index contributed by atoms with van der Waals surface area (Å²) in [6.45, 7) is 0. The third-order valence-corrected chi connectivity index (χ3v) is 6.55. The van der Waals surface area contributed by atoms with E-state index in [0.717, 1.165) is 54.2 Å². The van der Waals surface area contributed by atoms with Crippen LogP contribution in [0.3, 0.4) is 0 Å².